The molecule has 0 saturated heterocycles. The Balaban J connectivity index is 2.13. The minimum absolute atomic E-state index is 0.249. The van der Waals surface area contributed by atoms with Gasteiger partial charge in [-0.25, -0.2) is 4.39 Å². The van der Waals surface area contributed by atoms with Crippen molar-refractivity contribution < 1.29 is 9.13 Å². The summed E-state index contributed by atoms with van der Waals surface area (Å²) < 4.78 is 19.7. The highest BCUT2D eigenvalue weighted by molar-refractivity contribution is 9.10. The largest absolute Gasteiger partial charge is 0.489 e. The standard InChI is InChI=1S/C14H11BrClFO/c1-9-6-11(15)2-5-14(9)18-8-10-7-12(17)3-4-13(10)16/h2-7H,8H2,1H3. The highest BCUT2D eigenvalue weighted by Gasteiger charge is 2.05. The molecule has 0 unspecified atom stereocenters. The van der Waals surface area contributed by atoms with Gasteiger partial charge < -0.3 is 4.74 Å². The number of benzene rings is 2. The highest BCUT2D eigenvalue weighted by atomic mass is 79.9. The Bertz CT molecular complexity index is 572. The van der Waals surface area contributed by atoms with Crippen LogP contribution < -0.4 is 4.74 Å². The van der Waals surface area contributed by atoms with Crippen LogP contribution in [0.4, 0.5) is 4.39 Å². The summed E-state index contributed by atoms with van der Waals surface area (Å²) in [6.07, 6.45) is 0. The Labute approximate surface area is 119 Å². The van der Waals surface area contributed by atoms with Crippen LogP contribution in [0.25, 0.3) is 0 Å². The van der Waals surface area contributed by atoms with Crippen molar-refractivity contribution in [1.82, 2.24) is 0 Å². The minimum atomic E-state index is -0.314. The third-order valence-electron chi connectivity index (χ3n) is 2.53. The third kappa shape index (κ3) is 3.24. The van der Waals surface area contributed by atoms with Crippen molar-refractivity contribution in [3.05, 3.63) is 62.8 Å². The number of aryl methyl sites for hydroxylation is 1. The molecule has 0 heterocycles. The molecular weight excluding hydrogens is 319 g/mol. The molecule has 2 aromatic carbocycles. The Morgan fingerprint density at radius 2 is 2.00 bits per heavy atom. The zero-order valence-corrected chi connectivity index (χ0v) is 12.1. The lowest BCUT2D eigenvalue weighted by molar-refractivity contribution is 0.303. The summed E-state index contributed by atoms with van der Waals surface area (Å²) in [6.45, 7) is 2.20. The highest BCUT2D eigenvalue weighted by Crippen LogP contribution is 2.24. The van der Waals surface area contributed by atoms with E-state index in [2.05, 4.69) is 15.9 Å². The molecule has 0 saturated carbocycles. The van der Waals surface area contributed by atoms with Crippen molar-refractivity contribution in [2.24, 2.45) is 0 Å². The molecule has 2 rings (SSSR count). The first-order chi connectivity index (χ1) is 8.56. The molecule has 0 aliphatic rings. The molecule has 0 aliphatic heterocycles. The van der Waals surface area contributed by atoms with E-state index in [4.69, 9.17) is 16.3 Å². The van der Waals surface area contributed by atoms with Crippen LogP contribution in [0, 0.1) is 12.7 Å². The van der Waals surface area contributed by atoms with Gasteiger partial charge in [-0.1, -0.05) is 27.5 Å². The number of rotatable bonds is 3. The lowest BCUT2D eigenvalue weighted by Crippen LogP contribution is -1.98. The Hall–Kier alpha value is -1.06. The number of halogens is 3. The normalized spacial score (nSPS) is 10.4. The minimum Gasteiger partial charge on any atom is -0.489 e. The molecule has 18 heavy (non-hydrogen) atoms. The van der Waals surface area contributed by atoms with Gasteiger partial charge in [0.25, 0.3) is 0 Å². The first-order valence-electron chi connectivity index (χ1n) is 5.39. The summed E-state index contributed by atoms with van der Waals surface area (Å²) in [5, 5.41) is 0.506. The van der Waals surface area contributed by atoms with Crippen LogP contribution in [0.5, 0.6) is 5.75 Å². The van der Waals surface area contributed by atoms with E-state index >= 15 is 0 Å². The van der Waals surface area contributed by atoms with Crippen molar-refractivity contribution in [2.45, 2.75) is 13.5 Å². The SMILES string of the molecule is Cc1cc(Br)ccc1OCc1cc(F)ccc1Cl. The quantitative estimate of drug-likeness (QED) is 0.758. The van der Waals surface area contributed by atoms with Gasteiger partial charge >= 0.3 is 0 Å². The van der Waals surface area contributed by atoms with Crippen molar-refractivity contribution in [2.75, 3.05) is 0 Å². The molecule has 1 nitrogen and oxygen atoms in total. The number of hydrogen-bond acceptors (Lipinski definition) is 1. The van der Waals surface area contributed by atoms with Gasteiger partial charge in [-0.05, 0) is 48.9 Å². The van der Waals surface area contributed by atoms with Crippen LogP contribution in [0.1, 0.15) is 11.1 Å². The van der Waals surface area contributed by atoms with Gasteiger partial charge in [-0.2, -0.15) is 0 Å². The fourth-order valence-corrected chi connectivity index (χ4v) is 2.23. The summed E-state index contributed by atoms with van der Waals surface area (Å²) in [7, 11) is 0. The Morgan fingerprint density at radius 1 is 1.22 bits per heavy atom. The molecule has 0 amide bonds. The molecule has 0 atom stereocenters. The van der Waals surface area contributed by atoms with Crippen LogP contribution in [0.2, 0.25) is 5.02 Å². The van der Waals surface area contributed by atoms with Gasteiger partial charge in [-0.3, -0.25) is 0 Å². The molecule has 0 radical (unpaired) electrons. The van der Waals surface area contributed by atoms with E-state index in [0.717, 1.165) is 15.8 Å². The summed E-state index contributed by atoms with van der Waals surface area (Å²) >= 11 is 9.36. The maximum Gasteiger partial charge on any atom is 0.123 e. The van der Waals surface area contributed by atoms with E-state index in [1.165, 1.54) is 18.2 Å². The monoisotopic (exact) mass is 328 g/mol. The number of ether oxygens (including phenoxy) is 1. The molecule has 0 N–H and O–H groups in total. The van der Waals surface area contributed by atoms with Gasteiger partial charge in [-0.15, -0.1) is 0 Å². The fraction of sp³-hybridized carbons (Fsp3) is 0.143. The lowest BCUT2D eigenvalue weighted by Gasteiger charge is -2.10. The Morgan fingerprint density at radius 3 is 2.72 bits per heavy atom. The maximum atomic E-state index is 13.1. The van der Waals surface area contributed by atoms with E-state index in [0.29, 0.717) is 10.6 Å². The van der Waals surface area contributed by atoms with Crippen LogP contribution in [0.15, 0.2) is 40.9 Å². The summed E-state index contributed by atoms with van der Waals surface area (Å²) in [4.78, 5) is 0. The second kappa shape index (κ2) is 5.72. The van der Waals surface area contributed by atoms with Crippen molar-refractivity contribution in [3.63, 3.8) is 0 Å². The van der Waals surface area contributed by atoms with E-state index in [9.17, 15) is 4.39 Å². The zero-order valence-electron chi connectivity index (χ0n) is 9.71. The Kier molecular flexibility index (Phi) is 4.25. The molecule has 0 bridgehead atoms. The van der Waals surface area contributed by atoms with E-state index in [-0.39, 0.29) is 12.4 Å². The van der Waals surface area contributed by atoms with Crippen molar-refractivity contribution in [3.8, 4) is 5.75 Å². The maximum absolute atomic E-state index is 13.1. The van der Waals surface area contributed by atoms with Gasteiger partial charge in [0.15, 0.2) is 0 Å². The van der Waals surface area contributed by atoms with Gasteiger partial charge in [0.05, 0.1) is 0 Å². The zero-order chi connectivity index (χ0) is 13.1. The van der Waals surface area contributed by atoms with E-state index < -0.39 is 0 Å². The van der Waals surface area contributed by atoms with Crippen LogP contribution in [-0.2, 0) is 6.61 Å². The number of hydrogen-bond donors (Lipinski definition) is 0. The van der Waals surface area contributed by atoms with E-state index in [1.807, 2.05) is 25.1 Å². The smallest absolute Gasteiger partial charge is 0.123 e. The average molecular weight is 330 g/mol. The third-order valence-corrected chi connectivity index (χ3v) is 3.39. The summed E-state index contributed by atoms with van der Waals surface area (Å²) in [5.74, 6) is 0.448. The summed E-state index contributed by atoms with van der Waals surface area (Å²) in [6, 6.07) is 9.97. The second-order valence-electron chi connectivity index (χ2n) is 3.93. The summed E-state index contributed by atoms with van der Waals surface area (Å²) in [5.41, 5.74) is 1.65. The van der Waals surface area contributed by atoms with Crippen molar-refractivity contribution >= 4 is 27.5 Å². The predicted octanol–water partition coefficient (Wildman–Crippen LogP) is 5.13. The molecule has 0 aliphatic carbocycles. The molecule has 0 spiro atoms. The van der Waals surface area contributed by atoms with Gasteiger partial charge in [0.1, 0.15) is 18.2 Å². The molecule has 0 aromatic heterocycles. The fourth-order valence-electron chi connectivity index (χ4n) is 1.58. The second-order valence-corrected chi connectivity index (χ2v) is 5.26. The molecule has 2 aromatic rings. The molecule has 94 valence electrons. The predicted molar refractivity (Wildman–Crippen MR) is 74.6 cm³/mol. The van der Waals surface area contributed by atoms with Crippen LogP contribution in [-0.4, -0.2) is 0 Å². The van der Waals surface area contributed by atoms with Crippen molar-refractivity contribution in [1.29, 1.82) is 0 Å². The molecule has 0 fully saturated rings. The molecular formula is C14H11BrClFO. The van der Waals surface area contributed by atoms with Gasteiger partial charge in [0, 0.05) is 15.1 Å². The first-order valence-corrected chi connectivity index (χ1v) is 6.56. The van der Waals surface area contributed by atoms with Crippen LogP contribution in [0.3, 0.4) is 0 Å². The van der Waals surface area contributed by atoms with E-state index in [1.54, 1.807) is 0 Å². The average Bonchev–Trinajstić information content (AvgIpc) is 2.32. The molecule has 4 heteroatoms. The van der Waals surface area contributed by atoms with Gasteiger partial charge in [0.2, 0.25) is 0 Å². The topological polar surface area (TPSA) is 9.23 Å². The van der Waals surface area contributed by atoms with Crippen LogP contribution >= 0.6 is 27.5 Å². The lowest BCUT2D eigenvalue weighted by atomic mass is 10.2. The first kappa shape index (κ1) is 13.4.